The number of anilines is 1. The SMILES string of the molecule is COc1ccc(Br)cc1/C=N/NC(=O)C(=O)Nc1cccc(Cl)c1. The van der Waals surface area contributed by atoms with E-state index in [0.717, 1.165) is 4.47 Å². The molecule has 0 unspecified atom stereocenters. The lowest BCUT2D eigenvalue weighted by atomic mass is 10.2. The van der Waals surface area contributed by atoms with Crippen molar-refractivity contribution in [1.29, 1.82) is 0 Å². The standard InChI is InChI=1S/C16H13BrClN3O3/c1-24-14-6-5-11(17)7-10(14)9-19-21-16(23)15(22)20-13-4-2-3-12(18)8-13/h2-9H,1H3,(H,20,22)(H,21,23)/b19-9+. The van der Waals surface area contributed by atoms with Crippen molar-refractivity contribution in [3.05, 3.63) is 57.5 Å². The Kier molecular flexibility index (Phi) is 6.34. The van der Waals surface area contributed by atoms with E-state index in [2.05, 4.69) is 31.8 Å². The van der Waals surface area contributed by atoms with Crippen molar-refractivity contribution in [1.82, 2.24) is 5.43 Å². The highest BCUT2D eigenvalue weighted by atomic mass is 79.9. The summed E-state index contributed by atoms with van der Waals surface area (Å²) in [5.74, 6) is -1.17. The number of amides is 2. The maximum Gasteiger partial charge on any atom is 0.329 e. The number of methoxy groups -OCH3 is 1. The van der Waals surface area contributed by atoms with Crippen molar-refractivity contribution >= 4 is 51.2 Å². The van der Waals surface area contributed by atoms with Gasteiger partial charge in [0.1, 0.15) is 5.75 Å². The first-order valence-corrected chi connectivity index (χ1v) is 7.90. The molecule has 0 radical (unpaired) electrons. The summed E-state index contributed by atoms with van der Waals surface area (Å²) in [5, 5.41) is 6.63. The van der Waals surface area contributed by atoms with E-state index in [0.29, 0.717) is 22.0 Å². The minimum absolute atomic E-state index is 0.417. The molecule has 0 saturated carbocycles. The summed E-state index contributed by atoms with van der Waals surface area (Å²) in [6.07, 6.45) is 1.38. The third-order valence-corrected chi connectivity index (χ3v) is 3.58. The molecular formula is C16H13BrClN3O3. The smallest absolute Gasteiger partial charge is 0.329 e. The molecule has 0 saturated heterocycles. The molecule has 0 bridgehead atoms. The van der Waals surface area contributed by atoms with Gasteiger partial charge < -0.3 is 10.1 Å². The quantitative estimate of drug-likeness (QED) is 0.461. The summed E-state index contributed by atoms with van der Waals surface area (Å²) in [5.41, 5.74) is 3.21. The van der Waals surface area contributed by atoms with Crippen LogP contribution in [0.3, 0.4) is 0 Å². The van der Waals surface area contributed by atoms with Gasteiger partial charge in [-0.05, 0) is 36.4 Å². The average Bonchev–Trinajstić information content (AvgIpc) is 2.55. The molecule has 0 aliphatic heterocycles. The Labute approximate surface area is 152 Å². The van der Waals surface area contributed by atoms with Gasteiger partial charge in [0.25, 0.3) is 0 Å². The van der Waals surface area contributed by atoms with Gasteiger partial charge in [-0.3, -0.25) is 9.59 Å². The molecule has 0 fully saturated rings. The van der Waals surface area contributed by atoms with Crippen LogP contribution >= 0.6 is 27.5 Å². The number of hydrazone groups is 1. The normalized spacial score (nSPS) is 10.5. The molecule has 0 atom stereocenters. The molecule has 0 aromatic heterocycles. The first kappa shape index (κ1) is 18.0. The van der Waals surface area contributed by atoms with Crippen LogP contribution in [0.1, 0.15) is 5.56 Å². The van der Waals surface area contributed by atoms with E-state index in [-0.39, 0.29) is 0 Å². The molecule has 24 heavy (non-hydrogen) atoms. The summed E-state index contributed by atoms with van der Waals surface area (Å²) in [7, 11) is 1.53. The predicted molar refractivity (Wildman–Crippen MR) is 96.5 cm³/mol. The highest BCUT2D eigenvalue weighted by Crippen LogP contribution is 2.21. The zero-order valence-electron chi connectivity index (χ0n) is 12.5. The molecule has 2 rings (SSSR count). The lowest BCUT2D eigenvalue weighted by molar-refractivity contribution is -0.136. The van der Waals surface area contributed by atoms with E-state index in [9.17, 15) is 9.59 Å². The lowest BCUT2D eigenvalue weighted by Crippen LogP contribution is -2.32. The van der Waals surface area contributed by atoms with Crippen molar-refractivity contribution in [2.24, 2.45) is 5.10 Å². The van der Waals surface area contributed by atoms with Gasteiger partial charge in [0.05, 0.1) is 13.3 Å². The molecule has 124 valence electrons. The number of carbonyl (C=O) groups excluding carboxylic acids is 2. The molecule has 2 amide bonds. The summed E-state index contributed by atoms with van der Waals surface area (Å²) in [6, 6.07) is 11.8. The molecule has 2 aromatic rings. The van der Waals surface area contributed by atoms with Gasteiger partial charge in [-0.1, -0.05) is 33.6 Å². The van der Waals surface area contributed by atoms with Crippen LogP contribution in [0.4, 0.5) is 5.69 Å². The Balaban J connectivity index is 1.97. The molecule has 2 aromatic carbocycles. The van der Waals surface area contributed by atoms with Crippen LogP contribution < -0.4 is 15.5 Å². The van der Waals surface area contributed by atoms with Crippen LogP contribution in [0, 0.1) is 0 Å². The first-order valence-electron chi connectivity index (χ1n) is 6.73. The van der Waals surface area contributed by atoms with E-state index in [1.54, 1.807) is 30.3 Å². The Morgan fingerprint density at radius 3 is 2.71 bits per heavy atom. The van der Waals surface area contributed by atoms with Crippen LogP contribution in [0.2, 0.25) is 5.02 Å². The van der Waals surface area contributed by atoms with Crippen molar-refractivity contribution < 1.29 is 14.3 Å². The molecule has 8 heteroatoms. The van der Waals surface area contributed by atoms with E-state index in [4.69, 9.17) is 16.3 Å². The number of hydrogen-bond donors (Lipinski definition) is 2. The van der Waals surface area contributed by atoms with Crippen molar-refractivity contribution in [3.63, 3.8) is 0 Å². The van der Waals surface area contributed by atoms with Gasteiger partial charge in [0.15, 0.2) is 0 Å². The topological polar surface area (TPSA) is 79.8 Å². The Hall–Kier alpha value is -2.38. The Morgan fingerprint density at radius 1 is 1.21 bits per heavy atom. The Bertz CT molecular complexity index is 796. The largest absolute Gasteiger partial charge is 0.496 e. The van der Waals surface area contributed by atoms with Gasteiger partial charge in [-0.25, -0.2) is 5.43 Å². The first-order chi connectivity index (χ1) is 11.5. The lowest BCUT2D eigenvalue weighted by Gasteiger charge is -2.05. The molecule has 0 aliphatic carbocycles. The van der Waals surface area contributed by atoms with Gasteiger partial charge in [0.2, 0.25) is 0 Å². The number of nitrogens with zero attached hydrogens (tertiary/aromatic N) is 1. The predicted octanol–water partition coefficient (Wildman–Crippen LogP) is 3.20. The van der Waals surface area contributed by atoms with Gasteiger partial charge in [0, 0.05) is 20.7 Å². The summed E-state index contributed by atoms with van der Waals surface area (Å²) in [6.45, 7) is 0. The Morgan fingerprint density at radius 2 is 2.00 bits per heavy atom. The van der Waals surface area contributed by atoms with Crippen molar-refractivity contribution in [2.45, 2.75) is 0 Å². The van der Waals surface area contributed by atoms with E-state index in [1.165, 1.54) is 19.4 Å². The van der Waals surface area contributed by atoms with Gasteiger partial charge in [-0.15, -0.1) is 0 Å². The number of benzene rings is 2. The average molecular weight is 411 g/mol. The highest BCUT2D eigenvalue weighted by molar-refractivity contribution is 9.10. The van der Waals surface area contributed by atoms with E-state index in [1.807, 2.05) is 6.07 Å². The third-order valence-electron chi connectivity index (χ3n) is 2.85. The number of rotatable bonds is 4. The molecule has 0 spiro atoms. The number of carbonyl (C=O) groups is 2. The maximum atomic E-state index is 11.8. The number of nitrogens with one attached hydrogen (secondary N) is 2. The third kappa shape index (κ3) is 5.07. The summed E-state index contributed by atoms with van der Waals surface area (Å²) in [4.78, 5) is 23.5. The number of hydrogen-bond acceptors (Lipinski definition) is 4. The highest BCUT2D eigenvalue weighted by Gasteiger charge is 2.13. The van der Waals surface area contributed by atoms with Crippen molar-refractivity contribution in [3.8, 4) is 5.75 Å². The zero-order chi connectivity index (χ0) is 17.5. The van der Waals surface area contributed by atoms with Gasteiger partial charge in [-0.2, -0.15) is 5.10 Å². The number of halogens is 2. The zero-order valence-corrected chi connectivity index (χ0v) is 14.9. The monoisotopic (exact) mass is 409 g/mol. The minimum atomic E-state index is -0.903. The number of ether oxygens (including phenoxy) is 1. The molecule has 0 heterocycles. The maximum absolute atomic E-state index is 11.8. The second-order valence-corrected chi connectivity index (χ2v) is 5.90. The van der Waals surface area contributed by atoms with E-state index < -0.39 is 11.8 Å². The van der Waals surface area contributed by atoms with Crippen LogP contribution in [-0.4, -0.2) is 25.1 Å². The fourth-order valence-corrected chi connectivity index (χ4v) is 2.34. The second-order valence-electron chi connectivity index (χ2n) is 4.55. The second kappa shape index (κ2) is 8.47. The van der Waals surface area contributed by atoms with Crippen LogP contribution in [0.5, 0.6) is 5.75 Å². The molecule has 6 nitrogen and oxygen atoms in total. The summed E-state index contributed by atoms with van der Waals surface area (Å²) < 4.78 is 6.01. The molecule has 0 aliphatic rings. The van der Waals surface area contributed by atoms with E-state index >= 15 is 0 Å². The summed E-state index contributed by atoms with van der Waals surface area (Å²) >= 11 is 9.14. The molecule has 2 N–H and O–H groups in total. The molecular weight excluding hydrogens is 398 g/mol. The minimum Gasteiger partial charge on any atom is -0.496 e. The van der Waals surface area contributed by atoms with Crippen LogP contribution in [0.25, 0.3) is 0 Å². The van der Waals surface area contributed by atoms with Crippen LogP contribution in [-0.2, 0) is 9.59 Å². The van der Waals surface area contributed by atoms with Crippen LogP contribution in [0.15, 0.2) is 52.0 Å². The fourth-order valence-electron chi connectivity index (χ4n) is 1.77. The van der Waals surface area contributed by atoms with Crippen molar-refractivity contribution in [2.75, 3.05) is 12.4 Å². The fraction of sp³-hybridized carbons (Fsp3) is 0.0625. The van der Waals surface area contributed by atoms with Gasteiger partial charge >= 0.3 is 11.8 Å².